The Kier molecular flexibility index (Phi) is 4.68. The first kappa shape index (κ1) is 19.9. The molecule has 0 bridgehead atoms. The van der Waals surface area contributed by atoms with Crippen LogP contribution in [-0.4, -0.2) is 14.5 Å². The fraction of sp³-hybridized carbons (Fsp3) is 0.350. The van der Waals surface area contributed by atoms with E-state index in [0.29, 0.717) is 28.1 Å². The van der Waals surface area contributed by atoms with Crippen molar-refractivity contribution in [3.05, 3.63) is 62.5 Å². The van der Waals surface area contributed by atoms with Gasteiger partial charge in [-0.05, 0) is 35.7 Å². The Bertz CT molecular complexity index is 1170. The average molecular weight is 467 g/mol. The number of halogens is 4. The van der Waals surface area contributed by atoms with Crippen LogP contribution in [0.3, 0.4) is 0 Å². The highest BCUT2D eigenvalue weighted by atomic mass is 79.9. The summed E-state index contributed by atoms with van der Waals surface area (Å²) in [4.78, 5) is 21.0. The van der Waals surface area contributed by atoms with Crippen LogP contribution in [0.4, 0.5) is 19.0 Å². The molecule has 0 amide bonds. The highest BCUT2D eigenvalue weighted by Crippen LogP contribution is 2.42. The van der Waals surface area contributed by atoms with Gasteiger partial charge in [0, 0.05) is 30.8 Å². The number of fused-ring (bicyclic) bond motifs is 1. The lowest BCUT2D eigenvalue weighted by atomic mass is 10.0. The number of benzene rings is 1. The fourth-order valence-electron chi connectivity index (χ4n) is 3.29. The molecule has 0 unspecified atom stereocenters. The Labute approximate surface area is 173 Å². The van der Waals surface area contributed by atoms with E-state index in [1.54, 1.807) is 10.8 Å². The van der Waals surface area contributed by atoms with Crippen LogP contribution < -0.4 is 10.9 Å². The SMILES string of the molecule is CC(F)(F)c1cccc(CNc2ncnc3c(Br)c(=O)n(C4(C)CC4)cc23)c1F. The van der Waals surface area contributed by atoms with Gasteiger partial charge >= 0.3 is 0 Å². The van der Waals surface area contributed by atoms with Gasteiger partial charge in [0.15, 0.2) is 0 Å². The molecule has 0 aliphatic heterocycles. The highest BCUT2D eigenvalue weighted by Gasteiger charge is 2.40. The van der Waals surface area contributed by atoms with Crippen LogP contribution >= 0.6 is 15.9 Å². The number of hydrogen-bond donors (Lipinski definition) is 1. The maximum Gasteiger partial charge on any atom is 0.273 e. The van der Waals surface area contributed by atoms with Gasteiger partial charge in [0.05, 0.1) is 16.5 Å². The van der Waals surface area contributed by atoms with Gasteiger partial charge in [0.1, 0.15) is 22.4 Å². The highest BCUT2D eigenvalue weighted by molar-refractivity contribution is 9.10. The van der Waals surface area contributed by atoms with Crippen molar-refractivity contribution in [1.82, 2.24) is 14.5 Å². The summed E-state index contributed by atoms with van der Waals surface area (Å²) >= 11 is 3.33. The van der Waals surface area contributed by atoms with Crippen molar-refractivity contribution in [3.8, 4) is 0 Å². The Hall–Kier alpha value is -2.42. The number of rotatable bonds is 5. The van der Waals surface area contributed by atoms with E-state index in [9.17, 15) is 18.0 Å². The Morgan fingerprint density at radius 3 is 2.69 bits per heavy atom. The van der Waals surface area contributed by atoms with Crippen molar-refractivity contribution in [2.45, 2.75) is 44.7 Å². The molecule has 1 aliphatic carbocycles. The second kappa shape index (κ2) is 6.83. The molecular formula is C20H18BrF3N4O. The van der Waals surface area contributed by atoms with Crippen molar-refractivity contribution in [2.75, 3.05) is 5.32 Å². The van der Waals surface area contributed by atoms with E-state index < -0.39 is 17.3 Å². The summed E-state index contributed by atoms with van der Waals surface area (Å²) in [5.41, 5.74) is -0.540. The van der Waals surface area contributed by atoms with Gasteiger partial charge in [0.2, 0.25) is 0 Å². The first-order valence-corrected chi connectivity index (χ1v) is 9.87. The van der Waals surface area contributed by atoms with E-state index in [1.165, 1.54) is 18.5 Å². The summed E-state index contributed by atoms with van der Waals surface area (Å²) in [7, 11) is 0. The summed E-state index contributed by atoms with van der Waals surface area (Å²) in [5.74, 6) is -3.83. The first-order valence-electron chi connectivity index (χ1n) is 9.08. The quantitative estimate of drug-likeness (QED) is 0.579. The van der Waals surface area contributed by atoms with Crippen LogP contribution in [0, 0.1) is 5.82 Å². The molecule has 4 rings (SSSR count). The predicted molar refractivity (Wildman–Crippen MR) is 108 cm³/mol. The largest absolute Gasteiger partial charge is 0.365 e. The van der Waals surface area contributed by atoms with Gasteiger partial charge in [-0.2, -0.15) is 0 Å². The lowest BCUT2D eigenvalue weighted by molar-refractivity contribution is 0.0136. The zero-order chi connectivity index (χ0) is 21.0. The molecule has 0 atom stereocenters. The molecule has 2 heterocycles. The van der Waals surface area contributed by atoms with E-state index in [1.807, 2.05) is 6.92 Å². The van der Waals surface area contributed by atoms with E-state index in [2.05, 4.69) is 31.2 Å². The van der Waals surface area contributed by atoms with E-state index >= 15 is 0 Å². The fourth-order valence-corrected chi connectivity index (χ4v) is 3.79. The minimum absolute atomic E-state index is 0.0458. The van der Waals surface area contributed by atoms with Crippen LogP contribution in [-0.2, 0) is 18.0 Å². The van der Waals surface area contributed by atoms with Crippen molar-refractivity contribution < 1.29 is 13.2 Å². The van der Waals surface area contributed by atoms with Gasteiger partial charge in [-0.15, -0.1) is 0 Å². The normalized spacial score (nSPS) is 15.5. The first-order chi connectivity index (χ1) is 13.6. The van der Waals surface area contributed by atoms with Gasteiger partial charge in [-0.3, -0.25) is 4.79 Å². The third-order valence-corrected chi connectivity index (χ3v) is 6.02. The van der Waals surface area contributed by atoms with Crippen molar-refractivity contribution >= 4 is 32.7 Å². The summed E-state index contributed by atoms with van der Waals surface area (Å²) in [6.45, 7) is 2.61. The van der Waals surface area contributed by atoms with Gasteiger partial charge < -0.3 is 9.88 Å². The molecule has 9 heteroatoms. The lowest BCUT2D eigenvalue weighted by Gasteiger charge is -2.17. The van der Waals surface area contributed by atoms with Crippen LogP contribution in [0.1, 0.15) is 37.8 Å². The maximum absolute atomic E-state index is 14.5. The zero-order valence-corrected chi connectivity index (χ0v) is 17.4. The third-order valence-electron chi connectivity index (χ3n) is 5.31. The molecule has 1 aromatic carbocycles. The Balaban J connectivity index is 1.73. The lowest BCUT2D eigenvalue weighted by Crippen LogP contribution is -2.28. The number of nitrogens with zero attached hydrogens (tertiary/aromatic N) is 3. The van der Waals surface area contributed by atoms with Gasteiger partial charge in [-0.25, -0.2) is 23.1 Å². The van der Waals surface area contributed by atoms with Crippen LogP contribution in [0.15, 0.2) is 40.0 Å². The topological polar surface area (TPSA) is 59.8 Å². The molecule has 1 aliphatic rings. The molecule has 0 saturated heterocycles. The van der Waals surface area contributed by atoms with Crippen molar-refractivity contribution in [3.63, 3.8) is 0 Å². The Morgan fingerprint density at radius 1 is 1.31 bits per heavy atom. The summed E-state index contributed by atoms with van der Waals surface area (Å²) in [6.07, 6.45) is 4.78. The average Bonchev–Trinajstić information content (AvgIpc) is 3.41. The molecule has 3 aromatic rings. The summed E-state index contributed by atoms with van der Waals surface area (Å²) in [6, 6.07) is 3.91. The molecule has 5 nitrogen and oxygen atoms in total. The molecule has 0 spiro atoms. The van der Waals surface area contributed by atoms with E-state index in [0.717, 1.165) is 18.9 Å². The second-order valence-corrected chi connectivity index (χ2v) is 8.41. The van der Waals surface area contributed by atoms with Crippen LogP contribution in [0.2, 0.25) is 0 Å². The summed E-state index contributed by atoms with van der Waals surface area (Å²) in [5, 5.41) is 3.58. The molecule has 1 saturated carbocycles. The third kappa shape index (κ3) is 3.52. The standard InChI is InChI=1S/C20H18BrF3N4O/c1-19(6-7-19)28-9-12-16(14(21)18(28)29)26-10-27-17(12)25-8-11-4-3-5-13(15(11)22)20(2,23)24/h3-5,9-10H,6-8H2,1-2H3,(H,25,26,27). The smallest absolute Gasteiger partial charge is 0.273 e. The zero-order valence-electron chi connectivity index (χ0n) is 15.8. The number of anilines is 1. The number of hydrogen-bond acceptors (Lipinski definition) is 4. The molecule has 1 fully saturated rings. The summed E-state index contributed by atoms with van der Waals surface area (Å²) < 4.78 is 43.7. The number of aromatic nitrogens is 3. The minimum Gasteiger partial charge on any atom is -0.365 e. The van der Waals surface area contributed by atoms with Gasteiger partial charge in [-0.1, -0.05) is 18.2 Å². The van der Waals surface area contributed by atoms with Crippen molar-refractivity contribution in [1.29, 1.82) is 0 Å². The second-order valence-electron chi connectivity index (χ2n) is 7.62. The monoisotopic (exact) mass is 466 g/mol. The molecular weight excluding hydrogens is 449 g/mol. The molecule has 29 heavy (non-hydrogen) atoms. The number of pyridine rings is 1. The predicted octanol–water partition coefficient (Wildman–Crippen LogP) is 4.93. The number of nitrogens with one attached hydrogen (secondary N) is 1. The van der Waals surface area contributed by atoms with Crippen LogP contribution in [0.5, 0.6) is 0 Å². The van der Waals surface area contributed by atoms with Crippen LogP contribution in [0.25, 0.3) is 10.9 Å². The molecule has 152 valence electrons. The number of alkyl halides is 2. The molecule has 2 aromatic heterocycles. The Morgan fingerprint density at radius 2 is 2.03 bits per heavy atom. The molecule has 1 N–H and O–H groups in total. The van der Waals surface area contributed by atoms with Crippen molar-refractivity contribution in [2.24, 2.45) is 0 Å². The van der Waals surface area contributed by atoms with Gasteiger partial charge in [0.25, 0.3) is 11.5 Å². The van der Waals surface area contributed by atoms with E-state index in [4.69, 9.17) is 0 Å². The minimum atomic E-state index is -3.28. The van der Waals surface area contributed by atoms with E-state index in [-0.39, 0.29) is 23.2 Å². The maximum atomic E-state index is 14.5. The molecule has 0 radical (unpaired) electrons.